The molecule has 0 aromatic rings. The van der Waals surface area contributed by atoms with Gasteiger partial charge in [-0.15, -0.1) is 0 Å². The number of ether oxygens (including phenoxy) is 2. The van der Waals surface area contributed by atoms with E-state index in [1.54, 1.807) is 19.1 Å². The first-order valence-electron chi connectivity index (χ1n) is 10.5. The van der Waals surface area contributed by atoms with E-state index in [-0.39, 0.29) is 11.0 Å². The molecule has 0 spiro atoms. The third kappa shape index (κ3) is 3.74. The Morgan fingerprint density at radius 2 is 1.84 bits per heavy atom. The topological polar surface area (TPSA) is 134 Å². The van der Waals surface area contributed by atoms with Crippen molar-refractivity contribution < 1.29 is 39.5 Å². The van der Waals surface area contributed by atoms with Crippen LogP contribution in [0.3, 0.4) is 0 Å². The van der Waals surface area contributed by atoms with Crippen LogP contribution in [0.25, 0.3) is 0 Å². The summed E-state index contributed by atoms with van der Waals surface area (Å²) in [6.45, 7) is 7.74. The van der Waals surface area contributed by atoms with Gasteiger partial charge in [-0.05, 0) is 32.9 Å². The lowest BCUT2D eigenvalue weighted by Crippen LogP contribution is -2.50. The fourth-order valence-electron chi connectivity index (χ4n) is 4.45. The summed E-state index contributed by atoms with van der Waals surface area (Å²) >= 11 is 6.40. The Kier molecular flexibility index (Phi) is 6.49. The van der Waals surface area contributed by atoms with E-state index in [0.717, 1.165) is 0 Å². The minimum absolute atomic E-state index is 0.151. The molecule has 8 atom stereocenters. The van der Waals surface area contributed by atoms with Crippen LogP contribution in [0.4, 0.5) is 0 Å². The van der Waals surface area contributed by atoms with Crippen LogP contribution >= 0.6 is 11.6 Å². The van der Waals surface area contributed by atoms with Gasteiger partial charge in [-0.25, -0.2) is 0 Å². The van der Waals surface area contributed by atoms with E-state index in [1.165, 1.54) is 33.1 Å². The first-order chi connectivity index (χ1) is 14.8. The van der Waals surface area contributed by atoms with Crippen LogP contribution in [0.2, 0.25) is 0 Å². The molecule has 3 aliphatic rings. The minimum Gasteiger partial charge on any atom is -0.481 e. The maximum atomic E-state index is 13.3. The van der Waals surface area contributed by atoms with E-state index in [0.29, 0.717) is 16.9 Å². The number of fused-ring (bicyclic) bond motifs is 3. The predicted octanol–water partition coefficient (Wildman–Crippen LogP) is 2.24. The van der Waals surface area contributed by atoms with Gasteiger partial charge in [0.05, 0.1) is 23.5 Å². The van der Waals surface area contributed by atoms with E-state index in [9.17, 15) is 30.0 Å². The monoisotopic (exact) mass is 468 g/mol. The summed E-state index contributed by atoms with van der Waals surface area (Å²) in [7, 11) is 0. The van der Waals surface area contributed by atoms with Gasteiger partial charge in [-0.1, -0.05) is 31.5 Å². The number of aliphatic carboxylic acids is 1. The van der Waals surface area contributed by atoms with Crippen LogP contribution in [0, 0.1) is 23.7 Å². The Morgan fingerprint density at radius 3 is 2.38 bits per heavy atom. The molecule has 0 amide bonds. The molecule has 0 aromatic carbocycles. The number of rotatable bonds is 6. The molecule has 32 heavy (non-hydrogen) atoms. The Balaban J connectivity index is 2.09. The molecule has 0 saturated carbocycles. The van der Waals surface area contributed by atoms with Crippen molar-refractivity contribution >= 4 is 23.4 Å². The lowest BCUT2D eigenvalue weighted by molar-refractivity contribution is -0.268. The molecule has 8 unspecified atom stereocenters. The molecule has 8 nitrogen and oxygen atoms in total. The molecule has 0 aromatic heterocycles. The normalized spacial score (nSPS) is 36.0. The van der Waals surface area contributed by atoms with Gasteiger partial charge in [0, 0.05) is 28.9 Å². The van der Waals surface area contributed by atoms with Gasteiger partial charge in [-0.2, -0.15) is 0 Å². The molecule has 1 saturated heterocycles. The van der Waals surface area contributed by atoms with Crippen molar-refractivity contribution in [2.24, 2.45) is 23.7 Å². The first kappa shape index (κ1) is 24.7. The standard InChI is InChI=1S/C23H29ClO8/c1-10(12(3)25)6-7-14-8-15-16(9-31-14)17-18(21(28)29)23(30,11(2)13(4)26)32-22(17,5)20(27)19(15)24/h6-13,17-18,25-26,30H,1-5H3,(H,28,29)/b7-6+. The van der Waals surface area contributed by atoms with E-state index in [2.05, 4.69) is 0 Å². The number of aliphatic hydroxyl groups is 3. The van der Waals surface area contributed by atoms with Gasteiger partial charge < -0.3 is 29.9 Å². The number of carboxylic acids is 1. The lowest BCUT2D eigenvalue weighted by Gasteiger charge is -2.37. The zero-order valence-electron chi connectivity index (χ0n) is 18.6. The van der Waals surface area contributed by atoms with Gasteiger partial charge in [0.1, 0.15) is 17.3 Å². The summed E-state index contributed by atoms with van der Waals surface area (Å²) in [5.74, 6) is -7.83. The maximum absolute atomic E-state index is 13.3. The van der Waals surface area contributed by atoms with Crippen LogP contribution in [0.15, 0.2) is 46.4 Å². The fraction of sp³-hybridized carbons (Fsp3) is 0.565. The van der Waals surface area contributed by atoms with Crippen LogP contribution < -0.4 is 0 Å². The number of ketones is 1. The molecule has 9 heteroatoms. The van der Waals surface area contributed by atoms with Crippen molar-refractivity contribution in [1.82, 2.24) is 0 Å². The minimum atomic E-state index is -2.32. The summed E-state index contributed by atoms with van der Waals surface area (Å²) in [6.07, 6.45) is 4.54. The Hall–Kier alpha value is -1.97. The quantitative estimate of drug-likeness (QED) is 0.466. The molecule has 0 radical (unpaired) electrons. The Bertz CT molecular complexity index is 946. The first-order valence-corrected chi connectivity index (χ1v) is 10.9. The van der Waals surface area contributed by atoms with Crippen LogP contribution in [0.1, 0.15) is 34.6 Å². The van der Waals surface area contributed by atoms with Gasteiger partial charge in [0.15, 0.2) is 5.79 Å². The average molecular weight is 469 g/mol. The third-order valence-electron chi connectivity index (χ3n) is 6.86. The predicted molar refractivity (Wildman–Crippen MR) is 115 cm³/mol. The molecule has 1 aliphatic carbocycles. The lowest BCUT2D eigenvalue weighted by atomic mass is 9.66. The average Bonchev–Trinajstić information content (AvgIpc) is 2.98. The number of aliphatic hydroxyl groups excluding tert-OH is 2. The number of carbonyl (C=O) groups excluding carboxylic acids is 1. The van der Waals surface area contributed by atoms with Gasteiger partial charge in [0.25, 0.3) is 0 Å². The molecular weight excluding hydrogens is 440 g/mol. The van der Waals surface area contributed by atoms with Crippen LogP contribution in [0.5, 0.6) is 0 Å². The highest BCUT2D eigenvalue weighted by Gasteiger charge is 2.70. The van der Waals surface area contributed by atoms with Gasteiger partial charge in [0.2, 0.25) is 5.78 Å². The van der Waals surface area contributed by atoms with Gasteiger partial charge >= 0.3 is 5.97 Å². The second kappa shape index (κ2) is 8.43. The highest BCUT2D eigenvalue weighted by Crippen LogP contribution is 2.58. The molecule has 3 rings (SSSR count). The summed E-state index contributed by atoms with van der Waals surface area (Å²) in [4.78, 5) is 25.6. The maximum Gasteiger partial charge on any atom is 0.312 e. The van der Waals surface area contributed by atoms with Gasteiger partial charge in [-0.3, -0.25) is 9.59 Å². The van der Waals surface area contributed by atoms with Crippen molar-refractivity contribution in [3.8, 4) is 0 Å². The third-order valence-corrected chi connectivity index (χ3v) is 7.23. The second-order valence-electron chi connectivity index (χ2n) is 9.04. The molecule has 2 aliphatic heterocycles. The number of hydrogen-bond donors (Lipinski definition) is 4. The SMILES string of the molecule is CC(O)C(C)/C=C/C1=CC2=C(Cl)C(=O)C3(C)OC(O)(C(C)C(C)O)C(C(=O)O)C3C2=CO1. The van der Waals surface area contributed by atoms with Crippen molar-refractivity contribution in [3.63, 3.8) is 0 Å². The van der Waals surface area contributed by atoms with Crippen LogP contribution in [-0.4, -0.2) is 55.8 Å². The zero-order valence-corrected chi connectivity index (χ0v) is 19.3. The largest absolute Gasteiger partial charge is 0.481 e. The summed E-state index contributed by atoms with van der Waals surface area (Å²) in [6, 6.07) is 0. The number of halogens is 1. The molecule has 176 valence electrons. The molecule has 4 N–H and O–H groups in total. The van der Waals surface area contributed by atoms with E-state index in [1.807, 2.05) is 6.92 Å². The Labute approximate surface area is 191 Å². The smallest absolute Gasteiger partial charge is 0.312 e. The molecular formula is C23H29ClO8. The van der Waals surface area contributed by atoms with E-state index < -0.39 is 53.1 Å². The van der Waals surface area contributed by atoms with Crippen molar-refractivity contribution in [1.29, 1.82) is 0 Å². The Morgan fingerprint density at radius 1 is 1.22 bits per heavy atom. The number of Topliss-reactive ketones (excluding diaryl/α,β-unsaturated/α-hetero) is 1. The van der Waals surface area contributed by atoms with E-state index in [4.69, 9.17) is 21.1 Å². The van der Waals surface area contributed by atoms with Crippen molar-refractivity contribution in [3.05, 3.63) is 46.4 Å². The second-order valence-corrected chi connectivity index (χ2v) is 9.42. The summed E-state index contributed by atoms with van der Waals surface area (Å²) in [5.41, 5.74) is -1.16. The highest BCUT2D eigenvalue weighted by atomic mass is 35.5. The number of carboxylic acid groups (broad SMARTS) is 1. The molecule has 0 bridgehead atoms. The zero-order chi connectivity index (χ0) is 24.2. The number of hydrogen-bond acceptors (Lipinski definition) is 7. The van der Waals surface area contributed by atoms with Crippen LogP contribution in [-0.2, 0) is 19.1 Å². The van der Waals surface area contributed by atoms with Crippen molar-refractivity contribution in [2.45, 2.75) is 58.2 Å². The fourth-order valence-corrected chi connectivity index (χ4v) is 4.80. The molecule has 1 fully saturated rings. The summed E-state index contributed by atoms with van der Waals surface area (Å²) in [5, 5.41) is 40.9. The van der Waals surface area contributed by atoms with E-state index >= 15 is 0 Å². The summed E-state index contributed by atoms with van der Waals surface area (Å²) < 4.78 is 11.5. The number of allylic oxidation sites excluding steroid dienone is 3. The highest BCUT2D eigenvalue weighted by molar-refractivity contribution is 6.45. The van der Waals surface area contributed by atoms with Crippen molar-refractivity contribution in [2.75, 3.05) is 0 Å². The molecule has 2 heterocycles. The number of carbonyl (C=O) groups is 2.